The van der Waals surface area contributed by atoms with Gasteiger partial charge in [-0.25, -0.2) is 0 Å². The summed E-state index contributed by atoms with van der Waals surface area (Å²) in [7, 11) is 3.94. The second-order valence-electron chi connectivity index (χ2n) is 4.31. The summed E-state index contributed by atoms with van der Waals surface area (Å²) in [4.78, 5) is 6.00. The Balaban J connectivity index is 2.40. The van der Waals surface area contributed by atoms with Crippen molar-refractivity contribution in [1.82, 2.24) is 0 Å². The molecule has 0 aromatic heterocycles. The molecule has 0 N–H and O–H groups in total. The van der Waals surface area contributed by atoms with Crippen molar-refractivity contribution in [2.24, 2.45) is 15.2 Å². The van der Waals surface area contributed by atoms with Crippen LogP contribution in [-0.2, 0) is 0 Å². The minimum absolute atomic E-state index is 0.658. The molecule has 0 spiro atoms. The molecule has 0 radical (unpaired) electrons. The van der Waals surface area contributed by atoms with E-state index in [1.165, 1.54) is 0 Å². The highest BCUT2D eigenvalue weighted by Crippen LogP contribution is 2.32. The van der Waals surface area contributed by atoms with Gasteiger partial charge in [0, 0.05) is 19.8 Å². The molecule has 100 valence electrons. The lowest BCUT2D eigenvalue weighted by molar-refractivity contribution is 1.12. The van der Waals surface area contributed by atoms with Gasteiger partial charge in [-0.2, -0.15) is 10.1 Å². The SMILES string of the molecule is CN(C)c1ccc(N=C=S)c(N=Nc2ccccc2)c1. The third-order valence-corrected chi connectivity index (χ3v) is 2.76. The number of hydrogen-bond donors (Lipinski definition) is 0. The molecule has 0 atom stereocenters. The second-order valence-corrected chi connectivity index (χ2v) is 4.49. The molecule has 5 heteroatoms. The van der Waals surface area contributed by atoms with Crippen LogP contribution in [-0.4, -0.2) is 19.3 Å². The van der Waals surface area contributed by atoms with E-state index in [9.17, 15) is 0 Å². The van der Waals surface area contributed by atoms with Crippen molar-refractivity contribution in [3.8, 4) is 0 Å². The molecular weight excluding hydrogens is 268 g/mol. The van der Waals surface area contributed by atoms with Gasteiger partial charge in [0.15, 0.2) is 0 Å². The Morgan fingerprint density at radius 1 is 0.950 bits per heavy atom. The molecule has 0 fully saturated rings. The average Bonchev–Trinajstić information content (AvgIpc) is 2.47. The predicted molar refractivity (Wildman–Crippen MR) is 86.1 cm³/mol. The van der Waals surface area contributed by atoms with Crippen LogP contribution in [0.15, 0.2) is 63.8 Å². The van der Waals surface area contributed by atoms with Crippen LogP contribution in [0.2, 0.25) is 0 Å². The van der Waals surface area contributed by atoms with Crippen LogP contribution in [0.1, 0.15) is 0 Å². The molecule has 2 aromatic carbocycles. The van der Waals surface area contributed by atoms with Crippen molar-refractivity contribution < 1.29 is 0 Å². The summed E-state index contributed by atoms with van der Waals surface area (Å²) in [6.45, 7) is 0. The van der Waals surface area contributed by atoms with Crippen molar-refractivity contribution in [3.63, 3.8) is 0 Å². The van der Waals surface area contributed by atoms with Gasteiger partial charge >= 0.3 is 0 Å². The van der Waals surface area contributed by atoms with Crippen LogP contribution in [0.3, 0.4) is 0 Å². The summed E-state index contributed by atoms with van der Waals surface area (Å²) in [5.41, 5.74) is 3.14. The van der Waals surface area contributed by atoms with Gasteiger partial charge in [-0.1, -0.05) is 18.2 Å². The molecule has 0 heterocycles. The molecule has 0 aliphatic rings. The van der Waals surface area contributed by atoms with E-state index in [0.717, 1.165) is 11.4 Å². The predicted octanol–water partition coefficient (Wildman–Crippen LogP) is 4.90. The van der Waals surface area contributed by atoms with E-state index < -0.39 is 0 Å². The van der Waals surface area contributed by atoms with E-state index in [-0.39, 0.29) is 0 Å². The first-order valence-corrected chi connectivity index (χ1v) is 6.47. The topological polar surface area (TPSA) is 40.3 Å². The Hall–Kier alpha value is -2.36. The number of aliphatic imine (C=N–C) groups is 1. The molecule has 2 rings (SSSR count). The van der Waals surface area contributed by atoms with E-state index in [0.29, 0.717) is 11.4 Å². The first-order chi connectivity index (χ1) is 9.70. The number of nitrogens with zero attached hydrogens (tertiary/aromatic N) is 4. The highest BCUT2D eigenvalue weighted by atomic mass is 32.1. The Morgan fingerprint density at radius 3 is 2.35 bits per heavy atom. The van der Waals surface area contributed by atoms with Crippen LogP contribution in [0.4, 0.5) is 22.7 Å². The van der Waals surface area contributed by atoms with Gasteiger partial charge in [-0.15, -0.1) is 5.11 Å². The lowest BCUT2D eigenvalue weighted by Crippen LogP contribution is -2.07. The van der Waals surface area contributed by atoms with Gasteiger partial charge < -0.3 is 4.90 Å². The summed E-state index contributed by atoms with van der Waals surface area (Å²) in [6.07, 6.45) is 0. The Labute approximate surface area is 123 Å². The standard InChI is InChI=1S/C15H14N4S/c1-19(2)13-8-9-14(16-11-20)15(10-13)18-17-12-6-4-3-5-7-12/h3-10H,1-2H3. The molecule has 0 aliphatic heterocycles. The number of rotatable bonds is 4. The fourth-order valence-corrected chi connectivity index (χ4v) is 1.72. The Bertz CT molecular complexity index is 659. The van der Waals surface area contributed by atoms with E-state index in [1.807, 2.05) is 67.5 Å². The first-order valence-electron chi connectivity index (χ1n) is 6.07. The Kier molecular flexibility index (Phi) is 4.71. The van der Waals surface area contributed by atoms with Crippen LogP contribution >= 0.6 is 12.2 Å². The monoisotopic (exact) mass is 282 g/mol. The number of hydrogen-bond acceptors (Lipinski definition) is 5. The van der Waals surface area contributed by atoms with Gasteiger partial charge in [0.25, 0.3) is 0 Å². The minimum atomic E-state index is 0.658. The van der Waals surface area contributed by atoms with Gasteiger partial charge in [0.1, 0.15) is 11.4 Å². The number of isothiocyanates is 1. The quantitative estimate of drug-likeness (QED) is 0.454. The molecule has 0 saturated carbocycles. The summed E-state index contributed by atoms with van der Waals surface area (Å²) in [5, 5.41) is 10.8. The zero-order valence-electron chi connectivity index (χ0n) is 11.3. The lowest BCUT2D eigenvalue weighted by Gasteiger charge is -2.12. The molecule has 2 aromatic rings. The largest absolute Gasteiger partial charge is 0.378 e. The van der Waals surface area contributed by atoms with Crippen LogP contribution < -0.4 is 4.90 Å². The van der Waals surface area contributed by atoms with Crippen molar-refractivity contribution in [3.05, 3.63) is 48.5 Å². The molecule has 0 unspecified atom stereocenters. The van der Waals surface area contributed by atoms with Crippen molar-refractivity contribution in [1.29, 1.82) is 0 Å². The first kappa shape index (κ1) is 14.1. The van der Waals surface area contributed by atoms with Gasteiger partial charge in [-0.3, -0.25) is 0 Å². The number of thiocarbonyl (C=S) groups is 1. The van der Waals surface area contributed by atoms with E-state index in [4.69, 9.17) is 0 Å². The number of benzene rings is 2. The fourth-order valence-electron chi connectivity index (χ4n) is 1.62. The molecule has 0 aliphatic carbocycles. The molecule has 0 saturated heterocycles. The highest BCUT2D eigenvalue weighted by Gasteiger charge is 2.04. The molecular formula is C15H14N4S. The molecule has 4 nitrogen and oxygen atoms in total. The van der Waals surface area contributed by atoms with Crippen LogP contribution in [0.25, 0.3) is 0 Å². The van der Waals surface area contributed by atoms with Crippen molar-refractivity contribution in [2.75, 3.05) is 19.0 Å². The number of azo groups is 1. The maximum absolute atomic E-state index is 4.66. The summed E-state index contributed by atoms with van der Waals surface area (Å²) in [5.74, 6) is 0. The highest BCUT2D eigenvalue weighted by molar-refractivity contribution is 7.78. The maximum Gasteiger partial charge on any atom is 0.114 e. The van der Waals surface area contributed by atoms with Crippen LogP contribution in [0.5, 0.6) is 0 Å². The summed E-state index contributed by atoms with van der Waals surface area (Å²) < 4.78 is 0. The van der Waals surface area contributed by atoms with Crippen molar-refractivity contribution in [2.45, 2.75) is 0 Å². The van der Waals surface area contributed by atoms with E-state index >= 15 is 0 Å². The van der Waals surface area contributed by atoms with Gasteiger partial charge in [0.05, 0.1) is 10.8 Å². The zero-order valence-corrected chi connectivity index (χ0v) is 12.1. The van der Waals surface area contributed by atoms with Gasteiger partial charge in [0.2, 0.25) is 0 Å². The number of anilines is 1. The van der Waals surface area contributed by atoms with E-state index in [2.05, 4.69) is 32.6 Å². The smallest absolute Gasteiger partial charge is 0.114 e. The summed E-state index contributed by atoms with van der Waals surface area (Å²) in [6, 6.07) is 15.3. The van der Waals surface area contributed by atoms with Crippen LogP contribution in [0, 0.1) is 0 Å². The molecule has 0 bridgehead atoms. The van der Waals surface area contributed by atoms with Gasteiger partial charge in [-0.05, 0) is 42.5 Å². The maximum atomic E-state index is 4.66. The lowest BCUT2D eigenvalue weighted by atomic mass is 10.2. The Morgan fingerprint density at radius 2 is 1.70 bits per heavy atom. The third kappa shape index (κ3) is 3.57. The third-order valence-electron chi connectivity index (χ3n) is 2.67. The fraction of sp³-hybridized carbons (Fsp3) is 0.133. The normalized spacial score (nSPS) is 10.3. The average molecular weight is 282 g/mol. The van der Waals surface area contributed by atoms with Crippen molar-refractivity contribution >= 4 is 40.1 Å². The molecule has 0 amide bonds. The molecule has 20 heavy (non-hydrogen) atoms. The summed E-state index contributed by atoms with van der Waals surface area (Å²) >= 11 is 4.66. The zero-order chi connectivity index (χ0) is 14.4. The minimum Gasteiger partial charge on any atom is -0.378 e. The second kappa shape index (κ2) is 6.70. The van der Waals surface area contributed by atoms with E-state index in [1.54, 1.807) is 0 Å².